The van der Waals surface area contributed by atoms with Crippen LogP contribution in [0.15, 0.2) is 21.8 Å². The summed E-state index contributed by atoms with van der Waals surface area (Å²) in [5.41, 5.74) is 1.60. The molecule has 0 fully saturated rings. The molecule has 1 aliphatic carbocycles. The first-order valence-corrected chi connectivity index (χ1v) is 8.40. The van der Waals surface area contributed by atoms with Crippen molar-refractivity contribution in [3.63, 3.8) is 0 Å². The van der Waals surface area contributed by atoms with Gasteiger partial charge >= 0.3 is 92.7 Å². The molecule has 0 nitrogen and oxygen atoms in total. The van der Waals surface area contributed by atoms with Gasteiger partial charge in [-0.1, -0.05) is 0 Å². The molecule has 0 saturated heterocycles. The van der Waals surface area contributed by atoms with Gasteiger partial charge in [0.1, 0.15) is 0 Å². The first kappa shape index (κ1) is 11.3. The van der Waals surface area contributed by atoms with Crippen LogP contribution < -0.4 is 0 Å². The summed E-state index contributed by atoms with van der Waals surface area (Å²) in [7, 11) is 0. The van der Waals surface area contributed by atoms with Gasteiger partial charge in [-0.25, -0.2) is 0 Å². The van der Waals surface area contributed by atoms with Crippen molar-refractivity contribution in [3.8, 4) is 0 Å². The van der Waals surface area contributed by atoms with Gasteiger partial charge in [-0.3, -0.25) is 0 Å². The zero-order chi connectivity index (χ0) is 9.36. The van der Waals surface area contributed by atoms with Crippen LogP contribution in [0, 0.1) is 0 Å². The number of unbranched alkanes of at least 4 members (excludes halogenated alkanes) is 1. The second-order valence-corrected chi connectivity index (χ2v) is 6.45. The Balaban J connectivity index is 2.11. The normalized spacial score (nSPS) is 17.8. The van der Waals surface area contributed by atoms with Crippen molar-refractivity contribution < 1.29 is 0 Å². The van der Waals surface area contributed by atoms with Crippen LogP contribution in [-0.4, -0.2) is 20.9 Å². The summed E-state index contributed by atoms with van der Waals surface area (Å²) in [5.74, 6) is 0. The van der Waals surface area contributed by atoms with E-state index in [1.165, 1.54) is 43.0 Å². The first-order chi connectivity index (χ1) is 6.43. The minimum absolute atomic E-state index is 0.207. The van der Waals surface area contributed by atoms with E-state index in [0.717, 1.165) is 0 Å². The molecule has 0 saturated carbocycles. The molecule has 0 heterocycles. The van der Waals surface area contributed by atoms with Crippen LogP contribution in [0.3, 0.4) is 0 Å². The Morgan fingerprint density at radius 3 is 3.08 bits per heavy atom. The van der Waals surface area contributed by atoms with E-state index in [9.17, 15) is 0 Å². The average molecular weight is 292 g/mol. The molecule has 0 aromatic carbocycles. The Hall–Kier alpha value is 0.270. The summed E-state index contributed by atoms with van der Waals surface area (Å²) < 4.78 is 3.98. The van der Waals surface area contributed by atoms with Crippen molar-refractivity contribution in [2.24, 2.45) is 0 Å². The van der Waals surface area contributed by atoms with Crippen LogP contribution in [0.1, 0.15) is 45.4 Å². The van der Waals surface area contributed by atoms with Gasteiger partial charge in [0.15, 0.2) is 0 Å². The van der Waals surface area contributed by atoms with Crippen molar-refractivity contribution in [2.75, 3.05) is 0 Å². The van der Waals surface area contributed by atoms with E-state index in [1.54, 1.807) is 5.57 Å². The topological polar surface area (TPSA) is 0 Å². The van der Waals surface area contributed by atoms with Crippen molar-refractivity contribution in [1.29, 1.82) is 0 Å². The molecule has 0 amide bonds. The molecule has 0 radical (unpaired) electrons. The Morgan fingerprint density at radius 1 is 1.46 bits per heavy atom. The van der Waals surface area contributed by atoms with Crippen LogP contribution in [-0.2, 0) is 0 Å². The minimum atomic E-state index is 0.207. The van der Waals surface area contributed by atoms with Crippen molar-refractivity contribution in [1.82, 2.24) is 0 Å². The van der Waals surface area contributed by atoms with Gasteiger partial charge in [-0.2, -0.15) is 0 Å². The summed E-state index contributed by atoms with van der Waals surface area (Å²) in [5, 5.41) is 0. The number of rotatable bonds is 5. The van der Waals surface area contributed by atoms with Crippen LogP contribution in [0.5, 0.6) is 0 Å². The zero-order valence-electron chi connectivity index (χ0n) is 8.59. The Labute approximate surface area is 92.6 Å². The molecule has 13 heavy (non-hydrogen) atoms. The molecule has 0 spiro atoms. The van der Waals surface area contributed by atoms with Crippen LogP contribution in [0.25, 0.3) is 0 Å². The van der Waals surface area contributed by atoms with E-state index in [1.807, 2.05) is 0 Å². The van der Waals surface area contributed by atoms with Gasteiger partial charge in [-0.15, -0.1) is 0 Å². The molecule has 1 heteroatoms. The van der Waals surface area contributed by atoms with Gasteiger partial charge < -0.3 is 0 Å². The van der Waals surface area contributed by atoms with Gasteiger partial charge in [0.25, 0.3) is 0 Å². The van der Waals surface area contributed by atoms with E-state index in [2.05, 4.69) is 23.2 Å². The fraction of sp³-hybridized carbons (Fsp3) is 0.667. The van der Waals surface area contributed by atoms with E-state index >= 15 is 0 Å². The molecule has 0 unspecified atom stereocenters. The SMILES string of the molecule is CCCC[Te]/C=C\C1=CCCCC1. The standard InChI is InChI=1S/C12H20Te/c1-2-3-10-13-11-9-12-7-5-4-6-8-12/h7,9,11H,2-6,8,10H2,1H3/b11-9-. The third kappa shape index (κ3) is 5.55. The van der Waals surface area contributed by atoms with Crippen LogP contribution in [0.4, 0.5) is 0 Å². The Bertz CT molecular complexity index is 180. The van der Waals surface area contributed by atoms with Gasteiger partial charge in [0.2, 0.25) is 0 Å². The summed E-state index contributed by atoms with van der Waals surface area (Å²) in [6, 6.07) is 0. The fourth-order valence-electron chi connectivity index (χ4n) is 1.45. The third-order valence-corrected chi connectivity index (χ3v) is 4.75. The third-order valence-electron chi connectivity index (χ3n) is 2.32. The summed E-state index contributed by atoms with van der Waals surface area (Å²) in [6.07, 6.45) is 13.1. The monoisotopic (exact) mass is 294 g/mol. The zero-order valence-corrected chi connectivity index (χ0v) is 10.9. The predicted molar refractivity (Wildman–Crippen MR) is 61.2 cm³/mol. The number of hydrogen-bond donors (Lipinski definition) is 0. The maximum absolute atomic E-state index is 2.48. The molecule has 0 bridgehead atoms. The fourth-order valence-corrected chi connectivity index (χ4v) is 3.91. The Kier molecular flexibility index (Phi) is 6.68. The molecular formula is C12H20Te. The van der Waals surface area contributed by atoms with Crippen molar-refractivity contribution in [2.45, 2.75) is 49.9 Å². The maximum atomic E-state index is 2.48. The molecule has 0 N–H and O–H groups in total. The van der Waals surface area contributed by atoms with Gasteiger partial charge in [-0.05, 0) is 0 Å². The number of hydrogen-bond acceptors (Lipinski definition) is 0. The average Bonchev–Trinajstić information content (AvgIpc) is 2.19. The van der Waals surface area contributed by atoms with E-state index in [0.29, 0.717) is 0 Å². The molecule has 74 valence electrons. The molecule has 0 aliphatic heterocycles. The van der Waals surface area contributed by atoms with E-state index < -0.39 is 0 Å². The van der Waals surface area contributed by atoms with E-state index in [4.69, 9.17) is 0 Å². The summed E-state index contributed by atoms with van der Waals surface area (Å²) in [4.78, 5) is 0. The first-order valence-electron chi connectivity index (χ1n) is 5.40. The summed E-state index contributed by atoms with van der Waals surface area (Å²) >= 11 is 0.207. The Morgan fingerprint density at radius 2 is 2.38 bits per heavy atom. The molecule has 0 aromatic rings. The number of allylic oxidation sites excluding steroid dienone is 3. The molecular weight excluding hydrogens is 272 g/mol. The van der Waals surface area contributed by atoms with Gasteiger partial charge in [0, 0.05) is 0 Å². The molecule has 0 aromatic heterocycles. The quantitative estimate of drug-likeness (QED) is 0.532. The van der Waals surface area contributed by atoms with E-state index in [-0.39, 0.29) is 20.9 Å². The predicted octanol–water partition coefficient (Wildman–Crippen LogP) is 3.92. The summed E-state index contributed by atoms with van der Waals surface area (Å²) in [6.45, 7) is 2.28. The second kappa shape index (κ2) is 7.65. The van der Waals surface area contributed by atoms with Crippen molar-refractivity contribution >= 4 is 20.9 Å². The van der Waals surface area contributed by atoms with Crippen LogP contribution in [0.2, 0.25) is 4.47 Å². The van der Waals surface area contributed by atoms with Gasteiger partial charge in [0.05, 0.1) is 0 Å². The second-order valence-electron chi connectivity index (χ2n) is 3.55. The molecule has 0 atom stereocenters. The van der Waals surface area contributed by atoms with Crippen molar-refractivity contribution in [3.05, 3.63) is 21.8 Å². The molecule has 1 aliphatic rings. The molecule has 1 rings (SSSR count). The van der Waals surface area contributed by atoms with Crippen LogP contribution >= 0.6 is 0 Å².